The van der Waals surface area contributed by atoms with Crippen LogP contribution in [-0.2, 0) is 17.5 Å². The van der Waals surface area contributed by atoms with Crippen LogP contribution in [0.25, 0.3) is 0 Å². The third kappa shape index (κ3) is 4.07. The highest BCUT2D eigenvalue weighted by Crippen LogP contribution is 2.34. The molecule has 2 heterocycles. The summed E-state index contributed by atoms with van der Waals surface area (Å²) in [6.07, 6.45) is -1.98. The zero-order valence-electron chi connectivity index (χ0n) is 13.4. The molecule has 2 aliphatic heterocycles. The van der Waals surface area contributed by atoms with Gasteiger partial charge < -0.3 is 10.1 Å². The second-order valence-corrected chi connectivity index (χ2v) is 6.46. The molecule has 0 saturated carbocycles. The van der Waals surface area contributed by atoms with E-state index in [1.165, 1.54) is 0 Å². The van der Waals surface area contributed by atoms with E-state index in [4.69, 9.17) is 4.74 Å². The first kappa shape index (κ1) is 17.6. The number of alkyl halides is 3. The molecule has 24 heavy (non-hydrogen) atoms. The summed E-state index contributed by atoms with van der Waals surface area (Å²) in [5, 5.41) is 3.26. The van der Waals surface area contributed by atoms with Crippen LogP contribution in [0.5, 0.6) is 0 Å². The molecule has 1 aromatic rings. The number of ether oxygens (including phenoxy) is 1. The zero-order valence-corrected chi connectivity index (χ0v) is 13.4. The van der Waals surface area contributed by atoms with Crippen molar-refractivity contribution in [3.05, 3.63) is 35.1 Å². The van der Waals surface area contributed by atoms with Crippen molar-refractivity contribution in [2.24, 2.45) is 0 Å². The third-order valence-corrected chi connectivity index (χ3v) is 4.89. The number of rotatable bonds is 4. The minimum Gasteiger partial charge on any atom is -0.381 e. The van der Waals surface area contributed by atoms with Crippen LogP contribution < -0.4 is 5.32 Å². The Labute approximate surface area is 139 Å². The first-order valence-corrected chi connectivity index (χ1v) is 8.35. The third-order valence-electron chi connectivity index (χ3n) is 4.89. The van der Waals surface area contributed by atoms with E-state index in [1.807, 2.05) is 0 Å². The van der Waals surface area contributed by atoms with Crippen LogP contribution >= 0.6 is 0 Å². The Morgan fingerprint density at radius 1 is 1.12 bits per heavy atom. The van der Waals surface area contributed by atoms with Gasteiger partial charge in [-0.05, 0) is 49.6 Å². The van der Waals surface area contributed by atoms with Crippen molar-refractivity contribution in [3.63, 3.8) is 0 Å². The molecular weight excluding hydrogens is 324 g/mol. The van der Waals surface area contributed by atoms with Crippen molar-refractivity contribution >= 4 is 0 Å². The zero-order chi connectivity index (χ0) is 17.2. The average Bonchev–Trinajstić information content (AvgIpc) is 3.06. The van der Waals surface area contributed by atoms with Gasteiger partial charge in [-0.15, -0.1) is 0 Å². The number of halogens is 4. The summed E-state index contributed by atoms with van der Waals surface area (Å²) in [4.78, 5) is 2.12. The molecule has 1 atom stereocenters. The molecule has 1 N–H and O–H groups in total. The lowest BCUT2D eigenvalue weighted by molar-refractivity contribution is -0.138. The Hall–Kier alpha value is -1.18. The maximum atomic E-state index is 13.6. The van der Waals surface area contributed by atoms with E-state index < -0.39 is 17.6 Å². The summed E-state index contributed by atoms with van der Waals surface area (Å²) >= 11 is 0. The predicted octanol–water partition coefficient (Wildman–Crippen LogP) is 3.19. The first-order valence-electron chi connectivity index (χ1n) is 8.35. The van der Waals surface area contributed by atoms with Crippen molar-refractivity contribution in [2.45, 2.75) is 44.1 Å². The van der Waals surface area contributed by atoms with Crippen molar-refractivity contribution < 1.29 is 22.3 Å². The molecule has 1 unspecified atom stereocenters. The Morgan fingerprint density at radius 2 is 1.88 bits per heavy atom. The van der Waals surface area contributed by atoms with Gasteiger partial charge in [0.1, 0.15) is 5.82 Å². The fourth-order valence-electron chi connectivity index (χ4n) is 3.66. The minimum absolute atomic E-state index is 0.0147. The van der Waals surface area contributed by atoms with Gasteiger partial charge >= 0.3 is 6.18 Å². The van der Waals surface area contributed by atoms with Crippen molar-refractivity contribution in [1.82, 2.24) is 10.2 Å². The molecule has 0 aliphatic carbocycles. The van der Waals surface area contributed by atoms with Gasteiger partial charge in [-0.1, -0.05) is 0 Å². The van der Waals surface area contributed by atoms with Crippen LogP contribution in [0.1, 0.15) is 30.4 Å². The van der Waals surface area contributed by atoms with Crippen LogP contribution in [0.15, 0.2) is 18.2 Å². The molecular formula is C17H22F4N2O. The van der Waals surface area contributed by atoms with Gasteiger partial charge in [-0.2, -0.15) is 13.2 Å². The van der Waals surface area contributed by atoms with Crippen LogP contribution in [0.4, 0.5) is 17.6 Å². The van der Waals surface area contributed by atoms with Gasteiger partial charge in [0, 0.05) is 38.4 Å². The van der Waals surface area contributed by atoms with Crippen molar-refractivity contribution in [2.75, 3.05) is 26.3 Å². The van der Waals surface area contributed by atoms with Crippen LogP contribution in [0.3, 0.4) is 0 Å². The molecule has 2 fully saturated rings. The second-order valence-electron chi connectivity index (χ2n) is 6.46. The monoisotopic (exact) mass is 346 g/mol. The van der Waals surface area contributed by atoms with Gasteiger partial charge in [0.25, 0.3) is 0 Å². The van der Waals surface area contributed by atoms with E-state index in [0.717, 1.165) is 50.6 Å². The summed E-state index contributed by atoms with van der Waals surface area (Å²) in [7, 11) is 0. The van der Waals surface area contributed by atoms with E-state index in [1.54, 1.807) is 0 Å². The molecule has 2 aliphatic rings. The number of nitrogens with zero attached hydrogens (tertiary/aromatic N) is 1. The molecule has 0 spiro atoms. The summed E-state index contributed by atoms with van der Waals surface area (Å²) in [6.45, 7) is 2.98. The lowest BCUT2D eigenvalue weighted by Crippen LogP contribution is -2.46. The van der Waals surface area contributed by atoms with Gasteiger partial charge in [0.05, 0.1) is 5.56 Å². The van der Waals surface area contributed by atoms with E-state index in [-0.39, 0.29) is 24.2 Å². The van der Waals surface area contributed by atoms with Crippen LogP contribution in [0.2, 0.25) is 0 Å². The number of hydrogen-bond donors (Lipinski definition) is 1. The molecule has 3 nitrogen and oxygen atoms in total. The second kappa shape index (κ2) is 7.37. The molecule has 7 heteroatoms. The number of benzene rings is 1. The minimum atomic E-state index is -4.47. The fourth-order valence-corrected chi connectivity index (χ4v) is 3.66. The average molecular weight is 346 g/mol. The summed E-state index contributed by atoms with van der Waals surface area (Å²) < 4.78 is 58.8. The highest BCUT2D eigenvalue weighted by Gasteiger charge is 2.36. The highest BCUT2D eigenvalue weighted by atomic mass is 19.4. The normalized spacial score (nSPS) is 23.1. The summed E-state index contributed by atoms with van der Waals surface area (Å²) in [5.74, 6) is -0.630. The largest absolute Gasteiger partial charge is 0.416 e. The molecule has 0 radical (unpaired) electrons. The number of hydrogen-bond acceptors (Lipinski definition) is 3. The lowest BCUT2D eigenvalue weighted by Gasteiger charge is -2.38. The molecule has 0 amide bonds. The smallest absolute Gasteiger partial charge is 0.381 e. The summed E-state index contributed by atoms with van der Waals surface area (Å²) in [6, 6.07) is 3.10. The molecule has 1 aromatic carbocycles. The van der Waals surface area contributed by atoms with Crippen molar-refractivity contribution in [3.8, 4) is 0 Å². The Kier molecular flexibility index (Phi) is 5.42. The van der Waals surface area contributed by atoms with Gasteiger partial charge in [-0.3, -0.25) is 4.90 Å². The Balaban J connectivity index is 1.87. The van der Waals surface area contributed by atoms with E-state index in [9.17, 15) is 17.6 Å². The first-order chi connectivity index (χ1) is 11.4. The molecule has 3 rings (SSSR count). The van der Waals surface area contributed by atoms with E-state index in [2.05, 4.69) is 10.2 Å². The Bertz CT molecular complexity index is 552. The van der Waals surface area contributed by atoms with Crippen LogP contribution in [-0.4, -0.2) is 43.3 Å². The van der Waals surface area contributed by atoms with E-state index in [0.29, 0.717) is 13.2 Å². The van der Waals surface area contributed by atoms with Gasteiger partial charge in [0.2, 0.25) is 0 Å². The maximum Gasteiger partial charge on any atom is 0.416 e. The Morgan fingerprint density at radius 3 is 2.50 bits per heavy atom. The summed E-state index contributed by atoms with van der Waals surface area (Å²) in [5.41, 5.74) is -0.729. The quantitative estimate of drug-likeness (QED) is 0.848. The van der Waals surface area contributed by atoms with Gasteiger partial charge in [0.15, 0.2) is 0 Å². The lowest BCUT2D eigenvalue weighted by atomic mass is 10.00. The molecule has 0 aromatic heterocycles. The topological polar surface area (TPSA) is 24.5 Å². The van der Waals surface area contributed by atoms with E-state index >= 15 is 0 Å². The molecule has 134 valence electrons. The molecule has 2 saturated heterocycles. The van der Waals surface area contributed by atoms with Gasteiger partial charge in [-0.25, -0.2) is 4.39 Å². The predicted molar refractivity (Wildman–Crippen MR) is 82.1 cm³/mol. The molecule has 0 bridgehead atoms. The van der Waals surface area contributed by atoms with Crippen molar-refractivity contribution in [1.29, 1.82) is 0 Å². The SMILES string of the molecule is Fc1ccc(C(F)(F)F)c(CN(C2CCOCC2)C2CCNC2)c1. The highest BCUT2D eigenvalue weighted by molar-refractivity contribution is 5.30. The fraction of sp³-hybridized carbons (Fsp3) is 0.647. The number of nitrogens with one attached hydrogen (secondary N) is 1. The standard InChI is InChI=1S/C17H22F4N2O/c18-13-1-2-16(17(19,20)21)12(9-13)11-23(15-3-6-22-10-15)14-4-7-24-8-5-14/h1-2,9,14-15,22H,3-8,10-11H2. The maximum absolute atomic E-state index is 13.6. The van der Waals surface area contributed by atoms with Crippen LogP contribution in [0, 0.1) is 5.82 Å².